The molecule has 2 amide bonds. The number of nitrogens with one attached hydrogen (secondary N) is 1. The van der Waals surface area contributed by atoms with E-state index in [1.54, 1.807) is 36.5 Å². The number of fused-ring (bicyclic) bond motifs is 1. The van der Waals surface area contributed by atoms with Gasteiger partial charge in [-0.1, -0.05) is 24.3 Å². The molecule has 3 aromatic rings. The number of aromatic nitrogens is 1. The summed E-state index contributed by atoms with van der Waals surface area (Å²) in [6, 6.07) is 10.3. The van der Waals surface area contributed by atoms with Crippen molar-refractivity contribution in [2.75, 3.05) is 19.3 Å². The highest BCUT2D eigenvalue weighted by Crippen LogP contribution is 2.33. The van der Waals surface area contributed by atoms with E-state index in [4.69, 9.17) is 0 Å². The fourth-order valence-electron chi connectivity index (χ4n) is 4.25. The Morgan fingerprint density at radius 2 is 1.78 bits per heavy atom. The average Bonchev–Trinajstić information content (AvgIpc) is 3.19. The molecule has 0 aliphatic carbocycles. The maximum atomic E-state index is 13.2. The molecule has 10 nitrogen and oxygen atoms in total. The van der Waals surface area contributed by atoms with Crippen LogP contribution < -0.4 is 5.23 Å². The number of aromatic amines is 1. The Bertz CT molecular complexity index is 1190. The number of carbonyl (C=O) groups excluding carboxylic acids is 2. The molecule has 1 saturated heterocycles. The number of amides is 2. The SMILES string of the molecule is CN1C(=O)C(O)(Cc2ccccc2O)N(C)C(=O)C1Cc1c[nH]c2cccc(N(O)O)c12. The molecule has 2 unspecified atom stereocenters. The van der Waals surface area contributed by atoms with E-state index in [0.717, 1.165) is 4.90 Å². The molecule has 0 radical (unpaired) electrons. The van der Waals surface area contributed by atoms with Gasteiger partial charge in [-0.15, -0.1) is 5.23 Å². The van der Waals surface area contributed by atoms with Crippen LogP contribution in [0.5, 0.6) is 5.75 Å². The second-order valence-electron chi connectivity index (χ2n) is 7.96. The quantitative estimate of drug-likeness (QED) is 0.376. The standard InChI is InChI=1S/C22H24N4O6/c1-24-17(10-14-12-23-15-7-5-8-16(19(14)15)26(31)32)20(28)25(2)22(30,21(24)29)11-13-6-3-4-9-18(13)27/h3-9,12,17,23,27,30-32H,10-11H2,1-2H3. The predicted octanol–water partition coefficient (Wildman–Crippen LogP) is 1.23. The molecule has 1 aliphatic heterocycles. The van der Waals surface area contributed by atoms with Gasteiger partial charge in [-0.05, 0) is 29.3 Å². The van der Waals surface area contributed by atoms with Crippen molar-refractivity contribution in [1.82, 2.24) is 14.8 Å². The number of H-pyrrole nitrogens is 1. The van der Waals surface area contributed by atoms with Gasteiger partial charge in [0.25, 0.3) is 5.91 Å². The van der Waals surface area contributed by atoms with Crippen LogP contribution in [0.2, 0.25) is 0 Å². The van der Waals surface area contributed by atoms with Crippen LogP contribution in [0.4, 0.5) is 5.69 Å². The Labute approximate surface area is 183 Å². The van der Waals surface area contributed by atoms with E-state index in [-0.39, 0.29) is 29.5 Å². The summed E-state index contributed by atoms with van der Waals surface area (Å²) in [7, 11) is 2.79. The summed E-state index contributed by atoms with van der Waals surface area (Å²) in [5, 5.41) is 40.9. The number of phenols is 1. The lowest BCUT2D eigenvalue weighted by Crippen LogP contribution is -2.70. The molecule has 5 N–H and O–H groups in total. The van der Waals surface area contributed by atoms with Crippen molar-refractivity contribution in [3.63, 3.8) is 0 Å². The van der Waals surface area contributed by atoms with Crippen LogP contribution in [-0.2, 0) is 22.4 Å². The zero-order valence-corrected chi connectivity index (χ0v) is 17.6. The van der Waals surface area contributed by atoms with Crippen LogP contribution in [0, 0.1) is 0 Å². The van der Waals surface area contributed by atoms with Crippen LogP contribution in [-0.4, -0.2) is 73.1 Å². The zero-order chi connectivity index (χ0) is 23.2. The van der Waals surface area contributed by atoms with Gasteiger partial charge in [0.15, 0.2) is 0 Å². The number of benzene rings is 2. The molecule has 1 aliphatic rings. The Morgan fingerprint density at radius 3 is 2.47 bits per heavy atom. The van der Waals surface area contributed by atoms with Gasteiger partial charge in [-0.25, -0.2) is 0 Å². The lowest BCUT2D eigenvalue weighted by atomic mass is 9.92. The monoisotopic (exact) mass is 440 g/mol. The third-order valence-corrected chi connectivity index (χ3v) is 6.12. The lowest BCUT2D eigenvalue weighted by Gasteiger charge is -2.47. The van der Waals surface area contributed by atoms with Crippen molar-refractivity contribution in [2.45, 2.75) is 24.6 Å². The molecule has 1 fully saturated rings. The number of aliphatic hydroxyl groups is 1. The number of nitrogens with zero attached hydrogens (tertiary/aromatic N) is 3. The summed E-state index contributed by atoms with van der Waals surface area (Å²) in [5.41, 5.74) is -0.462. The maximum Gasteiger partial charge on any atom is 0.276 e. The van der Waals surface area contributed by atoms with Gasteiger partial charge in [-0.3, -0.25) is 20.0 Å². The first-order valence-electron chi connectivity index (χ1n) is 9.96. The molecule has 10 heteroatoms. The minimum Gasteiger partial charge on any atom is -0.508 e. The average molecular weight is 440 g/mol. The number of hydrogen-bond donors (Lipinski definition) is 5. The van der Waals surface area contributed by atoms with Crippen LogP contribution in [0.3, 0.4) is 0 Å². The molecule has 168 valence electrons. The number of aromatic hydroxyl groups is 1. The van der Waals surface area contributed by atoms with Crippen LogP contribution in [0.1, 0.15) is 11.1 Å². The van der Waals surface area contributed by atoms with E-state index >= 15 is 0 Å². The molecule has 0 saturated carbocycles. The maximum absolute atomic E-state index is 13.2. The highest BCUT2D eigenvalue weighted by Gasteiger charge is 2.53. The summed E-state index contributed by atoms with van der Waals surface area (Å²) in [4.78, 5) is 31.7. The summed E-state index contributed by atoms with van der Waals surface area (Å²) < 4.78 is 0. The van der Waals surface area contributed by atoms with Gasteiger partial charge in [0.1, 0.15) is 17.5 Å². The number of carbonyl (C=O) groups is 2. The van der Waals surface area contributed by atoms with E-state index in [9.17, 15) is 30.2 Å². The summed E-state index contributed by atoms with van der Waals surface area (Å²) in [6.07, 6.45) is 1.47. The number of para-hydroxylation sites is 1. The first-order chi connectivity index (χ1) is 15.1. The number of anilines is 1. The first kappa shape index (κ1) is 21.6. The van der Waals surface area contributed by atoms with Crippen molar-refractivity contribution in [2.24, 2.45) is 0 Å². The van der Waals surface area contributed by atoms with Crippen LogP contribution >= 0.6 is 0 Å². The number of rotatable bonds is 5. The number of piperazine rings is 1. The molecule has 4 rings (SSSR count). The summed E-state index contributed by atoms with van der Waals surface area (Å²) in [5.74, 6) is -1.25. The third-order valence-electron chi connectivity index (χ3n) is 6.12. The van der Waals surface area contributed by atoms with E-state index in [2.05, 4.69) is 4.98 Å². The molecule has 2 aromatic carbocycles. The topological polar surface area (TPSA) is 141 Å². The molecule has 1 aromatic heterocycles. The highest BCUT2D eigenvalue weighted by molar-refractivity contribution is 6.00. The van der Waals surface area contributed by atoms with E-state index in [1.165, 1.54) is 31.1 Å². The van der Waals surface area contributed by atoms with Gasteiger partial charge < -0.3 is 25.0 Å². The van der Waals surface area contributed by atoms with E-state index in [1.807, 2.05) is 0 Å². The van der Waals surface area contributed by atoms with Gasteiger partial charge in [0, 0.05) is 44.0 Å². The molecule has 2 heterocycles. The van der Waals surface area contributed by atoms with Crippen LogP contribution in [0.25, 0.3) is 10.9 Å². The van der Waals surface area contributed by atoms with E-state index < -0.39 is 23.6 Å². The van der Waals surface area contributed by atoms with Crippen molar-refractivity contribution in [3.05, 3.63) is 59.8 Å². The van der Waals surface area contributed by atoms with Gasteiger partial charge in [0.2, 0.25) is 11.6 Å². The predicted molar refractivity (Wildman–Crippen MR) is 114 cm³/mol. The first-order valence-corrected chi connectivity index (χ1v) is 9.96. The van der Waals surface area contributed by atoms with Crippen molar-refractivity contribution < 1.29 is 30.2 Å². The molecular formula is C22H24N4O6. The molecule has 0 spiro atoms. The Morgan fingerprint density at radius 1 is 1.06 bits per heavy atom. The molecule has 2 atom stereocenters. The third kappa shape index (κ3) is 3.34. The Hall–Kier alpha value is -3.60. The van der Waals surface area contributed by atoms with Gasteiger partial charge in [0.05, 0.1) is 0 Å². The highest BCUT2D eigenvalue weighted by atomic mass is 16.8. The zero-order valence-electron chi connectivity index (χ0n) is 17.6. The number of likely N-dealkylation sites (N-methyl/N-ethyl adjacent to an activating group) is 2. The van der Waals surface area contributed by atoms with Crippen molar-refractivity contribution in [1.29, 1.82) is 0 Å². The largest absolute Gasteiger partial charge is 0.508 e. The molecule has 0 bridgehead atoms. The summed E-state index contributed by atoms with van der Waals surface area (Å²) in [6.45, 7) is 0. The lowest BCUT2D eigenvalue weighted by molar-refractivity contribution is -0.194. The van der Waals surface area contributed by atoms with Gasteiger partial charge >= 0.3 is 0 Å². The van der Waals surface area contributed by atoms with Crippen LogP contribution in [0.15, 0.2) is 48.7 Å². The Balaban J connectivity index is 1.66. The van der Waals surface area contributed by atoms with Crippen molar-refractivity contribution >= 4 is 28.4 Å². The molecular weight excluding hydrogens is 416 g/mol. The van der Waals surface area contributed by atoms with Crippen molar-refractivity contribution in [3.8, 4) is 5.75 Å². The minimum atomic E-state index is -2.15. The Kier molecular flexibility index (Phi) is 5.29. The fraction of sp³-hybridized carbons (Fsp3) is 0.273. The fourth-order valence-corrected chi connectivity index (χ4v) is 4.25. The normalized spacial score (nSPS) is 21.5. The second-order valence-corrected chi connectivity index (χ2v) is 7.96. The minimum absolute atomic E-state index is 0.00837. The van der Waals surface area contributed by atoms with Gasteiger partial charge in [-0.2, -0.15) is 0 Å². The summed E-state index contributed by atoms with van der Waals surface area (Å²) >= 11 is 0. The molecule has 32 heavy (non-hydrogen) atoms. The second kappa shape index (κ2) is 7.83. The smallest absolute Gasteiger partial charge is 0.276 e. The number of hydrogen-bond acceptors (Lipinski definition) is 7. The number of phenolic OH excluding ortho intramolecular Hbond substituents is 1. The van der Waals surface area contributed by atoms with E-state index in [0.29, 0.717) is 22.0 Å².